The Bertz CT molecular complexity index is 957. The first-order valence-electron chi connectivity index (χ1n) is 7.12. The predicted molar refractivity (Wildman–Crippen MR) is 84.3 cm³/mol. The van der Waals surface area contributed by atoms with Crippen LogP contribution in [0.15, 0.2) is 41.2 Å². The molecule has 4 rings (SSSR count). The number of benzene rings is 2. The number of H-pyrrole nitrogens is 2. The van der Waals surface area contributed by atoms with E-state index in [1.54, 1.807) is 36.4 Å². The van der Waals surface area contributed by atoms with Crippen LogP contribution in [0.25, 0.3) is 11.0 Å². The maximum Gasteiger partial charge on any atom is 0.323 e. The maximum absolute atomic E-state index is 12.3. The molecule has 3 N–H and O–H groups in total. The molecule has 1 aliphatic heterocycles. The van der Waals surface area contributed by atoms with Gasteiger partial charge < -0.3 is 24.8 Å². The summed E-state index contributed by atoms with van der Waals surface area (Å²) < 4.78 is 10.9. The molecule has 1 aromatic heterocycles. The van der Waals surface area contributed by atoms with Gasteiger partial charge in [0, 0.05) is 17.3 Å². The van der Waals surface area contributed by atoms with Crippen molar-refractivity contribution in [2.24, 2.45) is 0 Å². The van der Waals surface area contributed by atoms with Crippen LogP contribution in [0.5, 0.6) is 11.5 Å². The SMILES string of the molecule is O=C(Nc1ccc2c(c1)OCCO2)c1ccc2[nH]c(=O)[nH]c2c1. The summed E-state index contributed by atoms with van der Waals surface area (Å²) in [6.07, 6.45) is 0. The number of hydrogen-bond acceptors (Lipinski definition) is 4. The molecule has 2 aromatic carbocycles. The Morgan fingerprint density at radius 3 is 2.61 bits per heavy atom. The second kappa shape index (κ2) is 5.20. The molecule has 0 spiro atoms. The molecule has 23 heavy (non-hydrogen) atoms. The summed E-state index contributed by atoms with van der Waals surface area (Å²) in [6.45, 7) is 1.01. The van der Waals surface area contributed by atoms with Crippen LogP contribution in [0.3, 0.4) is 0 Å². The Labute approximate surface area is 130 Å². The van der Waals surface area contributed by atoms with Gasteiger partial charge in [-0.25, -0.2) is 4.79 Å². The van der Waals surface area contributed by atoms with Gasteiger partial charge in [-0.3, -0.25) is 4.79 Å². The van der Waals surface area contributed by atoms with Gasteiger partial charge in [-0.2, -0.15) is 0 Å². The minimum Gasteiger partial charge on any atom is -0.486 e. The Kier molecular flexibility index (Phi) is 3.04. The number of nitrogens with one attached hydrogen (secondary N) is 3. The highest BCUT2D eigenvalue weighted by molar-refractivity contribution is 6.06. The first-order valence-corrected chi connectivity index (χ1v) is 7.12. The number of fused-ring (bicyclic) bond motifs is 2. The summed E-state index contributed by atoms with van der Waals surface area (Å²) in [5.41, 5.74) is 2.00. The summed E-state index contributed by atoms with van der Waals surface area (Å²) in [5, 5.41) is 2.80. The van der Waals surface area contributed by atoms with Crippen LogP contribution in [0.4, 0.5) is 5.69 Å². The van der Waals surface area contributed by atoms with Crippen LogP contribution in [0.1, 0.15) is 10.4 Å². The predicted octanol–water partition coefficient (Wildman–Crippen LogP) is 1.88. The van der Waals surface area contributed by atoms with E-state index in [0.29, 0.717) is 47.0 Å². The smallest absolute Gasteiger partial charge is 0.323 e. The highest BCUT2D eigenvalue weighted by atomic mass is 16.6. The van der Waals surface area contributed by atoms with Gasteiger partial charge >= 0.3 is 5.69 Å². The monoisotopic (exact) mass is 311 g/mol. The Morgan fingerprint density at radius 1 is 0.957 bits per heavy atom. The van der Waals surface area contributed by atoms with Gasteiger partial charge in [0.15, 0.2) is 11.5 Å². The van der Waals surface area contributed by atoms with Crippen molar-refractivity contribution in [3.8, 4) is 11.5 Å². The van der Waals surface area contributed by atoms with Gasteiger partial charge in [-0.1, -0.05) is 0 Å². The van der Waals surface area contributed by atoms with Gasteiger partial charge in [0.25, 0.3) is 5.91 Å². The maximum atomic E-state index is 12.3. The summed E-state index contributed by atoms with van der Waals surface area (Å²) >= 11 is 0. The van der Waals surface area contributed by atoms with E-state index < -0.39 is 0 Å². The zero-order valence-corrected chi connectivity index (χ0v) is 12.0. The Hall–Kier alpha value is -3.22. The van der Waals surface area contributed by atoms with Crippen molar-refractivity contribution in [1.29, 1.82) is 0 Å². The molecule has 0 saturated heterocycles. The van der Waals surface area contributed by atoms with Crippen molar-refractivity contribution in [3.05, 3.63) is 52.4 Å². The molecule has 7 nitrogen and oxygen atoms in total. The molecular formula is C16H13N3O4. The number of carbonyl (C=O) groups excluding carboxylic acids is 1. The minimum absolute atomic E-state index is 0.273. The Balaban J connectivity index is 1.59. The third kappa shape index (κ3) is 2.52. The second-order valence-corrected chi connectivity index (χ2v) is 5.15. The molecule has 2 heterocycles. The molecule has 0 aliphatic carbocycles. The third-order valence-corrected chi connectivity index (χ3v) is 3.58. The molecule has 0 bridgehead atoms. The number of aromatic nitrogens is 2. The number of ether oxygens (including phenoxy) is 2. The van der Waals surface area contributed by atoms with Crippen molar-refractivity contribution < 1.29 is 14.3 Å². The number of aromatic amines is 2. The lowest BCUT2D eigenvalue weighted by atomic mass is 10.2. The van der Waals surface area contributed by atoms with Crippen molar-refractivity contribution in [3.63, 3.8) is 0 Å². The molecule has 0 unspecified atom stereocenters. The van der Waals surface area contributed by atoms with Crippen molar-refractivity contribution >= 4 is 22.6 Å². The van der Waals surface area contributed by atoms with E-state index in [-0.39, 0.29) is 11.6 Å². The summed E-state index contributed by atoms with van der Waals surface area (Å²) in [7, 11) is 0. The van der Waals surface area contributed by atoms with Gasteiger partial charge in [0.05, 0.1) is 11.0 Å². The average molecular weight is 311 g/mol. The number of hydrogen-bond donors (Lipinski definition) is 3. The van der Waals surface area contributed by atoms with Gasteiger partial charge in [-0.15, -0.1) is 0 Å². The highest BCUT2D eigenvalue weighted by Gasteiger charge is 2.14. The molecule has 116 valence electrons. The molecule has 7 heteroatoms. The van der Waals surface area contributed by atoms with E-state index in [1.807, 2.05) is 0 Å². The first kappa shape index (κ1) is 13.4. The Morgan fingerprint density at radius 2 is 1.74 bits per heavy atom. The summed E-state index contributed by atoms with van der Waals surface area (Å²) in [5.74, 6) is 1.01. The topological polar surface area (TPSA) is 96.2 Å². The van der Waals surface area contributed by atoms with Gasteiger partial charge in [0.2, 0.25) is 0 Å². The molecule has 0 fully saturated rings. The lowest BCUT2D eigenvalue weighted by molar-refractivity contribution is 0.102. The van der Waals surface area contributed by atoms with Crippen molar-refractivity contribution in [1.82, 2.24) is 9.97 Å². The van der Waals surface area contributed by atoms with Gasteiger partial charge in [0.1, 0.15) is 13.2 Å². The normalized spacial score (nSPS) is 13.0. The van der Waals surface area contributed by atoms with Gasteiger partial charge in [-0.05, 0) is 30.3 Å². The summed E-state index contributed by atoms with van der Waals surface area (Å²) in [6, 6.07) is 10.2. The van der Waals surface area contributed by atoms with E-state index in [4.69, 9.17) is 9.47 Å². The lowest BCUT2D eigenvalue weighted by Gasteiger charge is -2.19. The molecule has 0 saturated carbocycles. The van der Waals surface area contributed by atoms with Crippen LogP contribution in [-0.2, 0) is 0 Å². The average Bonchev–Trinajstić information content (AvgIpc) is 2.93. The van der Waals surface area contributed by atoms with Crippen LogP contribution in [0.2, 0.25) is 0 Å². The van der Waals surface area contributed by atoms with E-state index in [1.165, 1.54) is 0 Å². The zero-order chi connectivity index (χ0) is 15.8. The third-order valence-electron chi connectivity index (χ3n) is 3.58. The highest BCUT2D eigenvalue weighted by Crippen LogP contribution is 2.32. The first-order chi connectivity index (χ1) is 11.2. The van der Waals surface area contributed by atoms with Crippen LogP contribution >= 0.6 is 0 Å². The van der Waals surface area contributed by atoms with Crippen molar-refractivity contribution in [2.45, 2.75) is 0 Å². The fourth-order valence-electron chi connectivity index (χ4n) is 2.50. The molecule has 1 amide bonds. The number of imidazole rings is 1. The quantitative estimate of drug-likeness (QED) is 0.673. The number of amides is 1. The van der Waals surface area contributed by atoms with Crippen LogP contribution in [0, 0.1) is 0 Å². The largest absolute Gasteiger partial charge is 0.486 e. The lowest BCUT2D eigenvalue weighted by Crippen LogP contribution is -2.16. The van der Waals surface area contributed by atoms with E-state index >= 15 is 0 Å². The molecule has 3 aromatic rings. The standard InChI is InChI=1S/C16H13N3O4/c20-15(9-1-3-11-12(7-9)19-16(21)18-11)17-10-2-4-13-14(8-10)23-6-5-22-13/h1-4,7-8H,5-6H2,(H,17,20)(H2,18,19,21). The molecule has 0 atom stereocenters. The molecular weight excluding hydrogens is 298 g/mol. The number of carbonyl (C=O) groups is 1. The van der Waals surface area contributed by atoms with E-state index in [0.717, 1.165) is 0 Å². The fourth-order valence-corrected chi connectivity index (χ4v) is 2.50. The van der Waals surface area contributed by atoms with Crippen LogP contribution < -0.4 is 20.5 Å². The van der Waals surface area contributed by atoms with Crippen LogP contribution in [-0.4, -0.2) is 29.1 Å². The van der Waals surface area contributed by atoms with E-state index in [9.17, 15) is 9.59 Å². The minimum atomic E-state index is -0.301. The number of rotatable bonds is 2. The second-order valence-electron chi connectivity index (χ2n) is 5.15. The molecule has 1 aliphatic rings. The molecule has 0 radical (unpaired) electrons. The number of anilines is 1. The van der Waals surface area contributed by atoms with Crippen molar-refractivity contribution in [2.75, 3.05) is 18.5 Å². The summed E-state index contributed by atoms with van der Waals surface area (Å²) in [4.78, 5) is 28.9. The fraction of sp³-hybridized carbons (Fsp3) is 0.125. The zero-order valence-electron chi connectivity index (χ0n) is 12.0. The van der Waals surface area contributed by atoms with E-state index in [2.05, 4.69) is 15.3 Å².